The lowest BCUT2D eigenvalue weighted by Crippen LogP contribution is -2.31. The Morgan fingerprint density at radius 1 is 1.04 bits per heavy atom. The average molecular weight is 378 g/mol. The van der Waals surface area contributed by atoms with Crippen LogP contribution in [-0.4, -0.2) is 56.8 Å². The van der Waals surface area contributed by atoms with Gasteiger partial charge in [0.2, 0.25) is 5.75 Å². The van der Waals surface area contributed by atoms with Crippen LogP contribution in [-0.2, 0) is 9.53 Å². The molecular formula is C19H26N2O6. The molecule has 0 aliphatic heterocycles. The summed E-state index contributed by atoms with van der Waals surface area (Å²) in [6.45, 7) is 6.50. The molecule has 0 fully saturated rings. The van der Waals surface area contributed by atoms with Crippen LogP contribution >= 0.6 is 0 Å². The summed E-state index contributed by atoms with van der Waals surface area (Å²) in [6.07, 6.45) is 0.213. The molecular weight excluding hydrogens is 352 g/mol. The quantitative estimate of drug-likeness (QED) is 0.545. The molecule has 1 amide bonds. The van der Waals surface area contributed by atoms with E-state index in [0.29, 0.717) is 37.1 Å². The van der Waals surface area contributed by atoms with Gasteiger partial charge < -0.3 is 23.8 Å². The number of carbonyl (C=O) groups is 2. The molecule has 0 atom stereocenters. The van der Waals surface area contributed by atoms with E-state index in [-0.39, 0.29) is 24.4 Å². The molecule has 0 heterocycles. The molecule has 148 valence electrons. The molecule has 8 nitrogen and oxygen atoms in total. The number of esters is 1. The fourth-order valence-electron chi connectivity index (χ4n) is 2.17. The fourth-order valence-corrected chi connectivity index (χ4v) is 2.17. The first-order valence-corrected chi connectivity index (χ1v) is 8.82. The van der Waals surface area contributed by atoms with Gasteiger partial charge in [0.25, 0.3) is 5.91 Å². The Bertz CT molecular complexity index is 656. The summed E-state index contributed by atoms with van der Waals surface area (Å²) in [5.74, 6) is 0.0936. The zero-order valence-corrected chi connectivity index (χ0v) is 16.2. The van der Waals surface area contributed by atoms with Crippen molar-refractivity contribution in [3.63, 3.8) is 0 Å². The van der Waals surface area contributed by atoms with Crippen molar-refractivity contribution in [2.75, 3.05) is 40.0 Å². The highest BCUT2D eigenvalue weighted by Gasteiger charge is 2.20. The molecule has 0 saturated carbocycles. The Labute approximate surface area is 159 Å². The van der Waals surface area contributed by atoms with Gasteiger partial charge in [-0.05, 0) is 32.9 Å². The molecule has 1 rings (SSSR count). The summed E-state index contributed by atoms with van der Waals surface area (Å²) >= 11 is 0. The van der Waals surface area contributed by atoms with E-state index in [0.717, 1.165) is 0 Å². The van der Waals surface area contributed by atoms with E-state index in [1.807, 2.05) is 26.8 Å². The van der Waals surface area contributed by atoms with Gasteiger partial charge in [-0.3, -0.25) is 4.79 Å². The second-order valence-corrected chi connectivity index (χ2v) is 5.40. The standard InChI is InChI=1S/C19H26N2O6/c1-5-24-15-11-14(12-16(25-6-2)18(15)26-7-3)19(23)27-13-17(22)21(4)10-8-9-20/h11-12H,5-8,10,13H2,1-4H3. The number of ether oxygens (including phenoxy) is 4. The van der Waals surface area contributed by atoms with Gasteiger partial charge >= 0.3 is 5.97 Å². The number of carbonyl (C=O) groups excluding carboxylic acids is 2. The van der Waals surface area contributed by atoms with E-state index in [2.05, 4.69) is 0 Å². The monoisotopic (exact) mass is 378 g/mol. The molecule has 0 saturated heterocycles. The van der Waals surface area contributed by atoms with E-state index in [9.17, 15) is 9.59 Å². The van der Waals surface area contributed by atoms with Crippen LogP contribution in [0.25, 0.3) is 0 Å². The first-order chi connectivity index (χ1) is 13.0. The van der Waals surface area contributed by atoms with Crippen LogP contribution < -0.4 is 14.2 Å². The summed E-state index contributed by atoms with van der Waals surface area (Å²) < 4.78 is 21.8. The molecule has 0 radical (unpaired) electrons. The van der Waals surface area contributed by atoms with E-state index >= 15 is 0 Å². The number of nitrogens with zero attached hydrogens (tertiary/aromatic N) is 2. The molecule has 0 unspecified atom stereocenters. The number of benzene rings is 1. The van der Waals surface area contributed by atoms with E-state index in [4.69, 9.17) is 24.2 Å². The van der Waals surface area contributed by atoms with Crippen molar-refractivity contribution in [1.29, 1.82) is 5.26 Å². The molecule has 0 N–H and O–H groups in total. The highest BCUT2D eigenvalue weighted by Crippen LogP contribution is 2.39. The predicted octanol–water partition coefficient (Wildman–Crippen LogP) is 2.41. The van der Waals surface area contributed by atoms with Crippen molar-refractivity contribution < 1.29 is 28.5 Å². The number of likely N-dealkylation sites (N-methyl/N-ethyl adjacent to an activating group) is 1. The first kappa shape index (κ1) is 22.1. The minimum Gasteiger partial charge on any atom is -0.490 e. The summed E-state index contributed by atoms with van der Waals surface area (Å²) in [7, 11) is 1.55. The Hall–Kier alpha value is -2.95. The molecule has 0 aliphatic rings. The third kappa shape index (κ3) is 6.70. The van der Waals surface area contributed by atoms with Crippen LogP contribution in [0.5, 0.6) is 17.2 Å². The molecule has 0 aliphatic carbocycles. The van der Waals surface area contributed by atoms with Crippen molar-refractivity contribution in [3.05, 3.63) is 17.7 Å². The first-order valence-electron chi connectivity index (χ1n) is 8.82. The summed E-state index contributed by atoms with van der Waals surface area (Å²) in [5.41, 5.74) is 0.192. The Balaban J connectivity index is 2.95. The molecule has 8 heteroatoms. The lowest BCUT2D eigenvalue weighted by molar-refractivity contribution is -0.133. The van der Waals surface area contributed by atoms with Crippen molar-refractivity contribution in [1.82, 2.24) is 4.90 Å². The lowest BCUT2D eigenvalue weighted by atomic mass is 10.2. The second kappa shape index (κ2) is 11.6. The van der Waals surface area contributed by atoms with Crippen molar-refractivity contribution in [2.45, 2.75) is 27.2 Å². The number of amides is 1. The zero-order chi connectivity index (χ0) is 20.2. The Morgan fingerprint density at radius 2 is 1.59 bits per heavy atom. The van der Waals surface area contributed by atoms with Gasteiger partial charge in [0.15, 0.2) is 18.1 Å². The summed E-state index contributed by atoms with van der Waals surface area (Å²) in [6, 6.07) is 4.96. The highest BCUT2D eigenvalue weighted by atomic mass is 16.5. The predicted molar refractivity (Wildman–Crippen MR) is 98.1 cm³/mol. The average Bonchev–Trinajstić information content (AvgIpc) is 2.66. The van der Waals surface area contributed by atoms with Crippen molar-refractivity contribution in [2.24, 2.45) is 0 Å². The van der Waals surface area contributed by atoms with E-state index in [1.54, 1.807) is 7.05 Å². The molecule has 0 bridgehead atoms. The fraction of sp³-hybridized carbons (Fsp3) is 0.526. The molecule has 1 aromatic carbocycles. The number of hydrogen-bond acceptors (Lipinski definition) is 7. The third-order valence-corrected chi connectivity index (χ3v) is 3.46. The summed E-state index contributed by atoms with van der Waals surface area (Å²) in [5, 5.41) is 8.56. The third-order valence-electron chi connectivity index (χ3n) is 3.46. The van der Waals surface area contributed by atoms with Gasteiger partial charge in [-0.25, -0.2) is 4.79 Å². The van der Waals surface area contributed by atoms with Gasteiger partial charge in [0.05, 0.1) is 37.9 Å². The van der Waals surface area contributed by atoms with Gasteiger partial charge in [0, 0.05) is 13.6 Å². The number of nitriles is 1. The van der Waals surface area contributed by atoms with E-state index < -0.39 is 12.6 Å². The van der Waals surface area contributed by atoms with E-state index in [1.165, 1.54) is 17.0 Å². The minimum atomic E-state index is -0.679. The van der Waals surface area contributed by atoms with Crippen molar-refractivity contribution in [3.8, 4) is 23.3 Å². The zero-order valence-electron chi connectivity index (χ0n) is 16.2. The van der Waals surface area contributed by atoms with Crippen molar-refractivity contribution >= 4 is 11.9 Å². The van der Waals surface area contributed by atoms with Crippen LogP contribution in [0.2, 0.25) is 0 Å². The molecule has 0 aromatic heterocycles. The second-order valence-electron chi connectivity index (χ2n) is 5.40. The van der Waals surface area contributed by atoms with Crippen LogP contribution in [0.15, 0.2) is 12.1 Å². The van der Waals surface area contributed by atoms with Crippen LogP contribution in [0, 0.1) is 11.3 Å². The summed E-state index contributed by atoms with van der Waals surface area (Å²) in [4.78, 5) is 25.6. The minimum absolute atomic E-state index is 0.192. The number of hydrogen-bond donors (Lipinski definition) is 0. The smallest absolute Gasteiger partial charge is 0.338 e. The lowest BCUT2D eigenvalue weighted by Gasteiger charge is -2.17. The van der Waals surface area contributed by atoms with Gasteiger partial charge in [-0.2, -0.15) is 5.26 Å². The molecule has 1 aromatic rings. The number of rotatable bonds is 11. The van der Waals surface area contributed by atoms with Gasteiger partial charge in [-0.15, -0.1) is 0 Å². The van der Waals surface area contributed by atoms with Crippen LogP contribution in [0.1, 0.15) is 37.6 Å². The maximum Gasteiger partial charge on any atom is 0.338 e. The Kier molecular flexibility index (Phi) is 9.51. The van der Waals surface area contributed by atoms with Gasteiger partial charge in [0.1, 0.15) is 0 Å². The van der Waals surface area contributed by atoms with Crippen LogP contribution in [0.3, 0.4) is 0 Å². The largest absolute Gasteiger partial charge is 0.490 e. The normalized spacial score (nSPS) is 9.89. The maximum atomic E-state index is 12.4. The maximum absolute atomic E-state index is 12.4. The molecule has 0 spiro atoms. The SMILES string of the molecule is CCOc1cc(C(=O)OCC(=O)N(C)CCC#N)cc(OCC)c1OCC. The highest BCUT2D eigenvalue weighted by molar-refractivity contribution is 5.92. The molecule has 27 heavy (non-hydrogen) atoms. The van der Waals surface area contributed by atoms with Crippen LogP contribution in [0.4, 0.5) is 0 Å². The van der Waals surface area contributed by atoms with Gasteiger partial charge in [-0.1, -0.05) is 0 Å². The Morgan fingerprint density at radius 3 is 2.07 bits per heavy atom. The topological polar surface area (TPSA) is 98.1 Å².